The van der Waals surface area contributed by atoms with E-state index in [1.807, 2.05) is 24.3 Å². The lowest BCUT2D eigenvalue weighted by molar-refractivity contribution is 0.0962. The fourth-order valence-corrected chi connectivity index (χ4v) is 4.54. The fraction of sp³-hybridized carbons (Fsp3) is 0.321. The van der Waals surface area contributed by atoms with Crippen LogP contribution in [0.15, 0.2) is 42.7 Å². The predicted octanol–water partition coefficient (Wildman–Crippen LogP) is 5.81. The molecule has 7 nitrogen and oxygen atoms in total. The number of benzene rings is 2. The van der Waals surface area contributed by atoms with Crippen LogP contribution in [-0.2, 0) is 12.0 Å². The van der Waals surface area contributed by atoms with E-state index in [0.29, 0.717) is 16.9 Å². The van der Waals surface area contributed by atoms with Crippen molar-refractivity contribution in [2.24, 2.45) is 0 Å². The molecule has 1 aliphatic heterocycles. The zero-order chi connectivity index (χ0) is 26.2. The van der Waals surface area contributed by atoms with Gasteiger partial charge in [-0.05, 0) is 46.9 Å². The van der Waals surface area contributed by atoms with Gasteiger partial charge in [0.15, 0.2) is 23.1 Å². The molecule has 0 atom stereocenters. The molecule has 196 valence electrons. The first-order valence-electron chi connectivity index (χ1n) is 11.5. The van der Waals surface area contributed by atoms with E-state index in [0.717, 1.165) is 16.7 Å². The zero-order valence-electron chi connectivity index (χ0n) is 21.8. The number of carbonyl (C=O) groups is 1. The average Bonchev–Trinajstić information content (AvgIpc) is 3.17. The molecule has 3 aromatic rings. The van der Waals surface area contributed by atoms with Crippen LogP contribution < -0.4 is 14.2 Å². The SMILES string of the molecule is Br.COc1cc2c(c(F)c1OC)C(=N)N(CC(=O)c1cc(-c3ccncc3)c(OC)c(C(C)(C)C)c1)C2. The van der Waals surface area contributed by atoms with E-state index >= 15 is 4.39 Å². The third-order valence-electron chi connectivity index (χ3n) is 6.36. The van der Waals surface area contributed by atoms with Crippen molar-refractivity contribution >= 4 is 28.6 Å². The largest absolute Gasteiger partial charge is 0.496 e. The van der Waals surface area contributed by atoms with Crippen molar-refractivity contribution in [2.45, 2.75) is 32.7 Å². The minimum Gasteiger partial charge on any atom is -0.496 e. The van der Waals surface area contributed by atoms with Crippen LogP contribution in [0, 0.1) is 11.2 Å². The quantitative estimate of drug-likeness (QED) is 0.360. The first kappa shape index (κ1) is 28.1. The number of amidine groups is 1. The molecule has 0 unspecified atom stereocenters. The third kappa shape index (κ3) is 5.18. The number of ketones is 1. The van der Waals surface area contributed by atoms with Gasteiger partial charge in [0.05, 0.1) is 33.4 Å². The maximum Gasteiger partial charge on any atom is 0.197 e. The van der Waals surface area contributed by atoms with Gasteiger partial charge in [0.25, 0.3) is 0 Å². The van der Waals surface area contributed by atoms with E-state index in [4.69, 9.17) is 19.6 Å². The Labute approximate surface area is 226 Å². The molecule has 2 aromatic carbocycles. The van der Waals surface area contributed by atoms with Gasteiger partial charge in [-0.1, -0.05) is 20.8 Å². The summed E-state index contributed by atoms with van der Waals surface area (Å²) in [6.07, 6.45) is 3.39. The molecule has 1 aromatic heterocycles. The van der Waals surface area contributed by atoms with Crippen molar-refractivity contribution in [3.63, 3.8) is 0 Å². The molecule has 1 N–H and O–H groups in total. The first-order chi connectivity index (χ1) is 17.1. The van der Waals surface area contributed by atoms with Crippen molar-refractivity contribution in [2.75, 3.05) is 27.9 Å². The maximum absolute atomic E-state index is 15.1. The van der Waals surface area contributed by atoms with Gasteiger partial charge in [-0.2, -0.15) is 0 Å². The highest BCUT2D eigenvalue weighted by Crippen LogP contribution is 2.41. The first-order valence-corrected chi connectivity index (χ1v) is 11.5. The number of fused-ring (bicyclic) bond motifs is 1. The smallest absolute Gasteiger partial charge is 0.197 e. The summed E-state index contributed by atoms with van der Waals surface area (Å²) in [5, 5.41) is 8.58. The number of rotatable bonds is 7. The highest BCUT2D eigenvalue weighted by molar-refractivity contribution is 8.93. The number of hydrogen-bond acceptors (Lipinski definition) is 6. The topological polar surface area (TPSA) is 84.7 Å². The molecule has 1 aliphatic rings. The van der Waals surface area contributed by atoms with Crippen LogP contribution >= 0.6 is 17.0 Å². The van der Waals surface area contributed by atoms with Crippen LogP contribution in [0.25, 0.3) is 11.1 Å². The standard InChI is InChI=1S/C28H30FN3O4.BrH/c1-28(2,3)20-12-17(11-19(25(20)35-5)16-7-9-31-10-8-16)21(33)15-32-14-18-13-22(34-4)26(36-6)24(29)23(18)27(32)30;/h7-13,30H,14-15H2,1-6H3;1H. The molecular formula is C28H31BrFN3O4. The molecule has 9 heteroatoms. The molecule has 0 saturated heterocycles. The molecule has 0 aliphatic carbocycles. The van der Waals surface area contributed by atoms with Gasteiger partial charge in [-0.3, -0.25) is 15.2 Å². The number of nitrogens with zero attached hydrogens (tertiary/aromatic N) is 2. The van der Waals surface area contributed by atoms with Gasteiger partial charge in [-0.15, -0.1) is 17.0 Å². The van der Waals surface area contributed by atoms with Crippen LogP contribution in [0.4, 0.5) is 4.39 Å². The average molecular weight is 572 g/mol. The summed E-state index contributed by atoms with van der Waals surface area (Å²) in [6, 6.07) is 9.06. The van der Waals surface area contributed by atoms with Gasteiger partial charge in [-0.25, -0.2) is 4.39 Å². The van der Waals surface area contributed by atoms with Crippen molar-refractivity contribution in [1.29, 1.82) is 5.41 Å². The van der Waals surface area contributed by atoms with E-state index in [9.17, 15) is 4.79 Å². The molecule has 37 heavy (non-hydrogen) atoms. The molecule has 0 bridgehead atoms. The Bertz CT molecular complexity index is 1340. The lowest BCUT2D eigenvalue weighted by Crippen LogP contribution is -2.30. The summed E-state index contributed by atoms with van der Waals surface area (Å²) in [7, 11) is 4.41. The minimum absolute atomic E-state index is 0. The Morgan fingerprint density at radius 2 is 1.70 bits per heavy atom. The third-order valence-corrected chi connectivity index (χ3v) is 6.36. The highest BCUT2D eigenvalue weighted by atomic mass is 79.9. The number of nitrogens with one attached hydrogen (secondary N) is 1. The predicted molar refractivity (Wildman–Crippen MR) is 146 cm³/mol. The molecule has 0 radical (unpaired) electrons. The molecular weight excluding hydrogens is 541 g/mol. The number of Topliss-reactive ketones (excluding diaryl/α,β-unsaturated/α-hetero) is 1. The molecule has 0 fully saturated rings. The zero-order valence-corrected chi connectivity index (χ0v) is 23.5. The van der Waals surface area contributed by atoms with Gasteiger partial charge in [0, 0.05) is 35.6 Å². The Hall–Kier alpha value is -3.46. The number of hydrogen-bond donors (Lipinski definition) is 1. The normalized spacial score (nSPS) is 12.6. The molecule has 0 amide bonds. The van der Waals surface area contributed by atoms with E-state index < -0.39 is 5.82 Å². The minimum atomic E-state index is -0.661. The summed E-state index contributed by atoms with van der Waals surface area (Å²) in [6.45, 7) is 6.32. The molecule has 0 saturated carbocycles. The van der Waals surface area contributed by atoms with Crippen molar-refractivity contribution in [3.8, 4) is 28.4 Å². The van der Waals surface area contributed by atoms with Crippen LogP contribution in [0.1, 0.15) is 47.8 Å². The maximum atomic E-state index is 15.1. The van der Waals surface area contributed by atoms with E-state index in [1.165, 1.54) is 14.2 Å². The second kappa shape index (κ2) is 10.9. The summed E-state index contributed by atoms with van der Waals surface area (Å²) in [5.74, 6) is -0.00650. The van der Waals surface area contributed by atoms with E-state index in [-0.39, 0.29) is 64.2 Å². The van der Waals surface area contributed by atoms with Crippen molar-refractivity contribution in [1.82, 2.24) is 9.88 Å². The number of halogens is 2. The highest BCUT2D eigenvalue weighted by Gasteiger charge is 2.33. The van der Waals surface area contributed by atoms with Crippen LogP contribution in [-0.4, -0.2) is 49.4 Å². The van der Waals surface area contributed by atoms with Crippen LogP contribution in [0.2, 0.25) is 0 Å². The molecule has 0 spiro atoms. The fourth-order valence-electron chi connectivity index (χ4n) is 4.54. The lowest BCUT2D eigenvalue weighted by atomic mass is 9.82. The van der Waals surface area contributed by atoms with Gasteiger partial charge in [0.2, 0.25) is 0 Å². The lowest BCUT2D eigenvalue weighted by Gasteiger charge is -2.26. The van der Waals surface area contributed by atoms with Gasteiger partial charge in [0.1, 0.15) is 11.6 Å². The van der Waals surface area contributed by atoms with Gasteiger partial charge >= 0.3 is 0 Å². The number of methoxy groups -OCH3 is 3. The summed E-state index contributed by atoms with van der Waals surface area (Å²) < 4.78 is 31.3. The van der Waals surface area contributed by atoms with Crippen LogP contribution in [0.5, 0.6) is 17.2 Å². The van der Waals surface area contributed by atoms with Crippen LogP contribution in [0.3, 0.4) is 0 Å². The molecule has 2 heterocycles. The second-order valence-electron chi connectivity index (χ2n) is 9.68. The summed E-state index contributed by atoms with van der Waals surface area (Å²) in [4.78, 5) is 19.2. The van der Waals surface area contributed by atoms with E-state index in [2.05, 4.69) is 25.8 Å². The number of ether oxygens (including phenoxy) is 3. The number of pyridine rings is 1. The second-order valence-corrected chi connectivity index (χ2v) is 9.68. The Morgan fingerprint density at radius 3 is 2.27 bits per heavy atom. The Kier molecular flexibility index (Phi) is 8.27. The van der Waals surface area contributed by atoms with Crippen molar-refractivity contribution in [3.05, 3.63) is 70.8 Å². The summed E-state index contributed by atoms with van der Waals surface area (Å²) in [5.41, 5.74) is 3.46. The van der Waals surface area contributed by atoms with Gasteiger partial charge < -0.3 is 19.1 Å². The number of aromatic nitrogens is 1. The monoisotopic (exact) mass is 571 g/mol. The van der Waals surface area contributed by atoms with E-state index in [1.54, 1.807) is 30.5 Å². The van der Waals surface area contributed by atoms with Crippen molar-refractivity contribution < 1.29 is 23.4 Å². The Morgan fingerprint density at radius 1 is 1.05 bits per heavy atom. The summed E-state index contributed by atoms with van der Waals surface area (Å²) >= 11 is 0. The molecule has 4 rings (SSSR count). The Balaban J connectivity index is 0.00000380. The number of carbonyl (C=O) groups excluding carboxylic acids is 1.